The summed E-state index contributed by atoms with van der Waals surface area (Å²) >= 11 is 5.79. The van der Waals surface area contributed by atoms with E-state index < -0.39 is 20.5 Å². The molecule has 0 bridgehead atoms. The van der Waals surface area contributed by atoms with E-state index in [0.29, 0.717) is 18.0 Å². The fourth-order valence-corrected chi connectivity index (χ4v) is 4.28. The van der Waals surface area contributed by atoms with E-state index in [1.165, 1.54) is 12.1 Å². The number of hydrogen-bond donors (Lipinski definition) is 0. The number of nitrogens with zero attached hydrogens (tertiary/aromatic N) is 1. The fraction of sp³-hybridized carbons (Fsp3) is 0.533. The lowest BCUT2D eigenvalue weighted by atomic mass is 9.95. The maximum Gasteiger partial charge on any atom is 0.227 e. The highest BCUT2D eigenvalue weighted by Gasteiger charge is 2.38. The standard InChI is InChI=1S/C15H20ClNO3S/c1-15(2,3)14(18)17-9-8-13(10-17)21(19,20)12-6-4-11(16)5-7-12/h4-7,13H,8-10H2,1-3H3. The van der Waals surface area contributed by atoms with Crippen LogP contribution in [-0.4, -0.2) is 37.6 Å². The van der Waals surface area contributed by atoms with Crippen LogP contribution in [0.3, 0.4) is 0 Å². The Morgan fingerprint density at radius 2 is 1.81 bits per heavy atom. The first-order chi connectivity index (χ1) is 9.62. The molecule has 0 spiro atoms. The van der Waals surface area contributed by atoms with Gasteiger partial charge in [-0.2, -0.15) is 0 Å². The molecule has 21 heavy (non-hydrogen) atoms. The highest BCUT2D eigenvalue weighted by molar-refractivity contribution is 7.92. The second-order valence-electron chi connectivity index (χ2n) is 6.41. The minimum atomic E-state index is -3.42. The van der Waals surface area contributed by atoms with E-state index in [1.54, 1.807) is 17.0 Å². The van der Waals surface area contributed by atoms with Crippen molar-refractivity contribution < 1.29 is 13.2 Å². The van der Waals surface area contributed by atoms with E-state index in [1.807, 2.05) is 20.8 Å². The Hall–Kier alpha value is -1.07. The summed E-state index contributed by atoms with van der Waals surface area (Å²) in [5.74, 6) is -0.00342. The zero-order valence-corrected chi connectivity index (χ0v) is 14.0. The Kier molecular flexibility index (Phi) is 4.36. The van der Waals surface area contributed by atoms with Gasteiger partial charge in [-0.1, -0.05) is 32.4 Å². The van der Waals surface area contributed by atoms with Crippen LogP contribution in [0.5, 0.6) is 0 Å². The van der Waals surface area contributed by atoms with Crippen molar-refractivity contribution in [3.63, 3.8) is 0 Å². The van der Waals surface area contributed by atoms with Gasteiger partial charge in [0.15, 0.2) is 9.84 Å². The molecule has 1 atom stereocenters. The highest BCUT2D eigenvalue weighted by atomic mass is 35.5. The van der Waals surface area contributed by atoms with Gasteiger partial charge in [0.2, 0.25) is 5.91 Å². The van der Waals surface area contributed by atoms with E-state index in [2.05, 4.69) is 0 Å². The first-order valence-electron chi connectivity index (χ1n) is 6.91. The number of amides is 1. The molecule has 6 heteroatoms. The molecule has 116 valence electrons. The molecule has 1 unspecified atom stereocenters. The number of rotatable bonds is 2. The molecule has 1 amide bonds. The van der Waals surface area contributed by atoms with Crippen LogP contribution in [0.15, 0.2) is 29.2 Å². The molecule has 0 aliphatic carbocycles. The van der Waals surface area contributed by atoms with Gasteiger partial charge in [0, 0.05) is 23.5 Å². The molecule has 1 aromatic rings. The van der Waals surface area contributed by atoms with Gasteiger partial charge in [-0.25, -0.2) is 8.42 Å². The number of sulfone groups is 1. The number of halogens is 1. The van der Waals surface area contributed by atoms with E-state index in [4.69, 9.17) is 11.6 Å². The molecule has 1 fully saturated rings. The SMILES string of the molecule is CC(C)(C)C(=O)N1CCC(S(=O)(=O)c2ccc(Cl)cc2)C1. The van der Waals surface area contributed by atoms with Crippen LogP contribution >= 0.6 is 11.6 Å². The zero-order valence-electron chi connectivity index (χ0n) is 12.5. The van der Waals surface area contributed by atoms with Gasteiger partial charge in [-0.05, 0) is 30.7 Å². The third kappa shape index (κ3) is 3.40. The Labute approximate surface area is 131 Å². The number of carbonyl (C=O) groups is 1. The van der Waals surface area contributed by atoms with Crippen LogP contribution in [-0.2, 0) is 14.6 Å². The lowest BCUT2D eigenvalue weighted by Gasteiger charge is -2.25. The van der Waals surface area contributed by atoms with Crippen molar-refractivity contribution in [3.05, 3.63) is 29.3 Å². The van der Waals surface area contributed by atoms with Crippen LogP contribution < -0.4 is 0 Å². The predicted molar refractivity (Wildman–Crippen MR) is 83.1 cm³/mol. The lowest BCUT2D eigenvalue weighted by molar-refractivity contribution is -0.138. The average molecular weight is 330 g/mol. The molecular formula is C15H20ClNO3S. The Bertz CT molecular complexity index is 632. The van der Waals surface area contributed by atoms with Crippen LogP contribution in [0.4, 0.5) is 0 Å². The van der Waals surface area contributed by atoms with Gasteiger partial charge >= 0.3 is 0 Å². The minimum Gasteiger partial charge on any atom is -0.341 e. The largest absolute Gasteiger partial charge is 0.341 e. The molecule has 0 N–H and O–H groups in total. The second kappa shape index (κ2) is 5.61. The molecule has 2 rings (SSSR count). The van der Waals surface area contributed by atoms with Crippen molar-refractivity contribution in [2.45, 2.75) is 37.3 Å². The van der Waals surface area contributed by atoms with E-state index in [0.717, 1.165) is 0 Å². The summed E-state index contributed by atoms with van der Waals surface area (Å²) in [5, 5.41) is -0.0325. The summed E-state index contributed by atoms with van der Waals surface area (Å²) in [6.45, 7) is 6.29. The third-order valence-corrected chi connectivity index (χ3v) is 6.10. The Balaban J connectivity index is 2.17. The molecule has 1 aliphatic heterocycles. The normalized spacial score (nSPS) is 19.8. The molecule has 0 aromatic heterocycles. The summed E-state index contributed by atoms with van der Waals surface area (Å²) < 4.78 is 25.2. The van der Waals surface area contributed by atoms with Gasteiger partial charge in [0.1, 0.15) is 0 Å². The summed E-state index contributed by atoms with van der Waals surface area (Å²) in [4.78, 5) is 14.2. The van der Waals surface area contributed by atoms with Crippen molar-refractivity contribution in [1.82, 2.24) is 4.90 Å². The summed E-state index contributed by atoms with van der Waals surface area (Å²) in [6.07, 6.45) is 0.479. The molecule has 1 saturated heterocycles. The maximum absolute atomic E-state index is 12.6. The minimum absolute atomic E-state index is 0.00342. The molecule has 0 saturated carbocycles. The van der Waals surface area contributed by atoms with Crippen molar-refractivity contribution >= 4 is 27.3 Å². The van der Waals surface area contributed by atoms with Gasteiger partial charge in [-0.3, -0.25) is 4.79 Å². The first kappa shape index (κ1) is 16.3. The molecule has 1 aliphatic rings. The smallest absolute Gasteiger partial charge is 0.227 e. The van der Waals surface area contributed by atoms with Crippen LogP contribution in [0.1, 0.15) is 27.2 Å². The topological polar surface area (TPSA) is 54.5 Å². The zero-order chi connectivity index (χ0) is 15.8. The molecular weight excluding hydrogens is 310 g/mol. The summed E-state index contributed by atoms with van der Waals surface area (Å²) in [6, 6.07) is 6.18. The summed E-state index contributed by atoms with van der Waals surface area (Å²) in [5.41, 5.74) is -0.487. The van der Waals surface area contributed by atoms with Gasteiger partial charge in [0.25, 0.3) is 0 Å². The molecule has 1 aromatic carbocycles. The third-order valence-electron chi connectivity index (χ3n) is 3.65. The van der Waals surface area contributed by atoms with Crippen LogP contribution in [0.2, 0.25) is 5.02 Å². The van der Waals surface area contributed by atoms with Crippen molar-refractivity contribution in [1.29, 1.82) is 0 Å². The van der Waals surface area contributed by atoms with Crippen LogP contribution in [0, 0.1) is 5.41 Å². The molecule has 4 nitrogen and oxygen atoms in total. The fourth-order valence-electron chi connectivity index (χ4n) is 2.46. The Morgan fingerprint density at radius 3 is 2.33 bits per heavy atom. The molecule has 1 heterocycles. The number of hydrogen-bond acceptors (Lipinski definition) is 3. The van der Waals surface area contributed by atoms with E-state index >= 15 is 0 Å². The van der Waals surface area contributed by atoms with Gasteiger partial charge < -0.3 is 4.90 Å². The van der Waals surface area contributed by atoms with Gasteiger partial charge in [0.05, 0.1) is 10.1 Å². The van der Waals surface area contributed by atoms with Gasteiger partial charge in [-0.15, -0.1) is 0 Å². The predicted octanol–water partition coefficient (Wildman–Crippen LogP) is 2.76. The first-order valence-corrected chi connectivity index (χ1v) is 8.83. The maximum atomic E-state index is 12.6. The monoisotopic (exact) mass is 329 g/mol. The summed E-state index contributed by atoms with van der Waals surface area (Å²) in [7, 11) is -3.42. The lowest BCUT2D eigenvalue weighted by Crippen LogP contribution is -2.39. The van der Waals surface area contributed by atoms with E-state index in [9.17, 15) is 13.2 Å². The second-order valence-corrected chi connectivity index (χ2v) is 9.08. The number of carbonyl (C=O) groups excluding carboxylic acids is 1. The van der Waals surface area contributed by atoms with Crippen molar-refractivity contribution in [3.8, 4) is 0 Å². The van der Waals surface area contributed by atoms with Crippen LogP contribution in [0.25, 0.3) is 0 Å². The highest BCUT2D eigenvalue weighted by Crippen LogP contribution is 2.28. The quantitative estimate of drug-likeness (QED) is 0.838. The average Bonchev–Trinajstić information content (AvgIpc) is 2.87. The Morgan fingerprint density at radius 1 is 1.24 bits per heavy atom. The van der Waals surface area contributed by atoms with Crippen molar-refractivity contribution in [2.75, 3.05) is 13.1 Å². The number of benzene rings is 1. The number of likely N-dealkylation sites (tertiary alicyclic amines) is 1. The molecule has 0 radical (unpaired) electrons. The van der Waals surface area contributed by atoms with E-state index in [-0.39, 0.29) is 17.3 Å². The van der Waals surface area contributed by atoms with Crippen molar-refractivity contribution in [2.24, 2.45) is 5.41 Å².